The van der Waals surface area contributed by atoms with Crippen LogP contribution in [0.15, 0.2) is 53.6 Å². The lowest BCUT2D eigenvalue weighted by Gasteiger charge is -2.08. The fraction of sp³-hybridized carbons (Fsp3) is 0.0588. The molecule has 128 valence electrons. The quantitative estimate of drug-likeness (QED) is 0.433. The number of anilines is 1. The number of hydrazone groups is 1. The van der Waals surface area contributed by atoms with Crippen LogP contribution in [0.1, 0.15) is 15.9 Å². The van der Waals surface area contributed by atoms with Crippen molar-refractivity contribution in [2.24, 2.45) is 5.10 Å². The third kappa shape index (κ3) is 4.64. The summed E-state index contributed by atoms with van der Waals surface area (Å²) in [4.78, 5) is 34.7. The van der Waals surface area contributed by atoms with Crippen molar-refractivity contribution in [3.05, 3.63) is 59.7 Å². The van der Waals surface area contributed by atoms with E-state index in [9.17, 15) is 14.4 Å². The lowest BCUT2D eigenvalue weighted by atomic mass is 10.1. The van der Waals surface area contributed by atoms with E-state index < -0.39 is 17.8 Å². The second kappa shape index (κ2) is 8.25. The zero-order chi connectivity index (χ0) is 18.2. The van der Waals surface area contributed by atoms with Crippen molar-refractivity contribution in [2.45, 2.75) is 0 Å². The van der Waals surface area contributed by atoms with Crippen molar-refractivity contribution < 1.29 is 24.2 Å². The Labute approximate surface area is 143 Å². The molecule has 0 heterocycles. The third-order valence-electron chi connectivity index (χ3n) is 3.12. The van der Waals surface area contributed by atoms with Gasteiger partial charge in [0.2, 0.25) is 0 Å². The van der Waals surface area contributed by atoms with Gasteiger partial charge in [-0.15, -0.1) is 0 Å². The average Bonchev–Trinajstić information content (AvgIpc) is 2.62. The lowest BCUT2D eigenvalue weighted by molar-refractivity contribution is -0.136. The predicted octanol–water partition coefficient (Wildman–Crippen LogP) is 1.48. The molecule has 0 spiro atoms. The Morgan fingerprint density at radius 2 is 1.72 bits per heavy atom. The summed E-state index contributed by atoms with van der Waals surface area (Å²) < 4.78 is 5.07. The number of hydrogen-bond donors (Lipinski definition) is 3. The molecule has 0 unspecified atom stereocenters. The number of nitrogens with one attached hydrogen (secondary N) is 2. The normalized spacial score (nSPS) is 10.3. The smallest absolute Gasteiger partial charge is 0.336 e. The van der Waals surface area contributed by atoms with Crippen LogP contribution in [0.3, 0.4) is 0 Å². The van der Waals surface area contributed by atoms with Crippen LogP contribution >= 0.6 is 0 Å². The number of methoxy groups -OCH3 is 1. The molecule has 2 amide bonds. The molecule has 0 aromatic heterocycles. The predicted molar refractivity (Wildman–Crippen MR) is 90.8 cm³/mol. The molecule has 0 aliphatic heterocycles. The molecule has 0 saturated carbocycles. The molecule has 0 aliphatic rings. The van der Waals surface area contributed by atoms with Gasteiger partial charge in [0, 0.05) is 5.56 Å². The molecule has 0 aliphatic carbocycles. The minimum atomic E-state index is -1.12. The molecule has 8 heteroatoms. The number of rotatable bonds is 5. The van der Waals surface area contributed by atoms with Gasteiger partial charge in [0.1, 0.15) is 5.75 Å². The van der Waals surface area contributed by atoms with Gasteiger partial charge in [0.15, 0.2) is 0 Å². The maximum atomic E-state index is 11.9. The van der Waals surface area contributed by atoms with Crippen LogP contribution in [0.2, 0.25) is 0 Å². The monoisotopic (exact) mass is 341 g/mol. The molecule has 0 radical (unpaired) electrons. The van der Waals surface area contributed by atoms with E-state index >= 15 is 0 Å². The average molecular weight is 341 g/mol. The van der Waals surface area contributed by atoms with Crippen molar-refractivity contribution in [2.75, 3.05) is 12.4 Å². The summed E-state index contributed by atoms with van der Waals surface area (Å²) in [5.74, 6) is -2.66. The van der Waals surface area contributed by atoms with Crippen LogP contribution in [0.4, 0.5) is 5.69 Å². The number of hydrogen-bond acceptors (Lipinski definition) is 5. The summed E-state index contributed by atoms with van der Waals surface area (Å²) in [6.07, 6.45) is 1.15. The topological polar surface area (TPSA) is 117 Å². The number of amides is 2. The van der Waals surface area contributed by atoms with Gasteiger partial charge < -0.3 is 15.2 Å². The molecular weight excluding hydrogens is 326 g/mol. The maximum absolute atomic E-state index is 11.9. The number of carboxylic acids is 1. The second-order valence-corrected chi connectivity index (χ2v) is 4.75. The molecule has 0 saturated heterocycles. The number of carboxylic acid groups (broad SMARTS) is 1. The van der Waals surface area contributed by atoms with Gasteiger partial charge in [-0.3, -0.25) is 9.59 Å². The van der Waals surface area contributed by atoms with Gasteiger partial charge in [-0.05, 0) is 18.2 Å². The van der Waals surface area contributed by atoms with Gasteiger partial charge >= 0.3 is 17.8 Å². The van der Waals surface area contributed by atoms with Crippen molar-refractivity contribution >= 4 is 29.7 Å². The molecule has 8 nitrogen and oxygen atoms in total. The van der Waals surface area contributed by atoms with E-state index in [0.717, 1.165) is 6.21 Å². The highest BCUT2D eigenvalue weighted by molar-refractivity contribution is 6.39. The van der Waals surface area contributed by atoms with Gasteiger partial charge in [0.25, 0.3) is 0 Å². The van der Waals surface area contributed by atoms with Crippen LogP contribution in [0, 0.1) is 0 Å². The Kier molecular flexibility index (Phi) is 5.83. The van der Waals surface area contributed by atoms with Crippen molar-refractivity contribution in [3.8, 4) is 5.75 Å². The van der Waals surface area contributed by atoms with Crippen LogP contribution in [0.25, 0.3) is 0 Å². The van der Waals surface area contributed by atoms with E-state index in [-0.39, 0.29) is 5.56 Å². The lowest BCUT2D eigenvalue weighted by Crippen LogP contribution is -2.32. The van der Waals surface area contributed by atoms with E-state index in [1.165, 1.54) is 19.2 Å². The van der Waals surface area contributed by atoms with E-state index in [1.54, 1.807) is 36.4 Å². The number of para-hydroxylation sites is 2. The maximum Gasteiger partial charge on any atom is 0.336 e. The Morgan fingerprint density at radius 3 is 2.44 bits per heavy atom. The summed E-state index contributed by atoms with van der Waals surface area (Å²) in [5.41, 5.74) is 2.70. The largest absolute Gasteiger partial charge is 0.495 e. The van der Waals surface area contributed by atoms with E-state index in [0.29, 0.717) is 17.0 Å². The first-order valence-electron chi connectivity index (χ1n) is 7.12. The van der Waals surface area contributed by atoms with Gasteiger partial charge in [-0.25, -0.2) is 10.2 Å². The van der Waals surface area contributed by atoms with E-state index in [1.807, 2.05) is 5.43 Å². The standard InChI is InChI=1S/C17H15N3O5/c1-25-14-9-5-4-8-13(14)19-15(21)16(22)20-18-10-11-6-2-3-7-12(11)17(23)24/h2-10H,1H3,(H,19,21)(H,20,22)(H,23,24)/b18-10-. The number of ether oxygens (including phenoxy) is 1. The Bertz CT molecular complexity index is 833. The van der Waals surface area contributed by atoms with Crippen molar-refractivity contribution in [1.29, 1.82) is 0 Å². The van der Waals surface area contributed by atoms with Crippen molar-refractivity contribution in [3.63, 3.8) is 0 Å². The number of benzene rings is 2. The van der Waals surface area contributed by atoms with E-state index in [2.05, 4.69) is 10.4 Å². The van der Waals surface area contributed by atoms with E-state index in [4.69, 9.17) is 9.84 Å². The summed E-state index contributed by atoms with van der Waals surface area (Å²) in [6, 6.07) is 12.7. The van der Waals surface area contributed by atoms with Gasteiger partial charge in [-0.1, -0.05) is 30.3 Å². The molecule has 2 rings (SSSR count). The molecular formula is C17H15N3O5. The highest BCUT2D eigenvalue weighted by atomic mass is 16.5. The Balaban J connectivity index is 2.00. The Morgan fingerprint density at radius 1 is 1.04 bits per heavy atom. The first-order valence-corrected chi connectivity index (χ1v) is 7.12. The zero-order valence-electron chi connectivity index (χ0n) is 13.2. The number of carbonyl (C=O) groups is 3. The zero-order valence-corrected chi connectivity index (χ0v) is 13.2. The molecule has 2 aromatic carbocycles. The van der Waals surface area contributed by atoms with Crippen LogP contribution < -0.4 is 15.5 Å². The van der Waals surface area contributed by atoms with Crippen LogP contribution in [0.5, 0.6) is 5.75 Å². The number of aromatic carboxylic acids is 1. The van der Waals surface area contributed by atoms with Gasteiger partial charge in [0.05, 0.1) is 24.6 Å². The summed E-state index contributed by atoms with van der Waals surface area (Å²) in [7, 11) is 1.44. The number of carbonyl (C=O) groups excluding carboxylic acids is 2. The Hall–Kier alpha value is -3.68. The highest BCUT2D eigenvalue weighted by Gasteiger charge is 2.15. The van der Waals surface area contributed by atoms with Crippen molar-refractivity contribution in [1.82, 2.24) is 5.43 Å². The number of nitrogens with zero attached hydrogens (tertiary/aromatic N) is 1. The first kappa shape index (κ1) is 17.7. The summed E-state index contributed by atoms with van der Waals surface area (Å²) in [6.45, 7) is 0. The molecule has 0 fully saturated rings. The molecule has 0 atom stereocenters. The molecule has 0 bridgehead atoms. The second-order valence-electron chi connectivity index (χ2n) is 4.75. The van der Waals surface area contributed by atoms with Gasteiger partial charge in [-0.2, -0.15) is 5.10 Å². The van der Waals surface area contributed by atoms with Crippen LogP contribution in [-0.2, 0) is 9.59 Å². The third-order valence-corrected chi connectivity index (χ3v) is 3.12. The molecule has 3 N–H and O–H groups in total. The first-order chi connectivity index (χ1) is 12.0. The SMILES string of the molecule is COc1ccccc1NC(=O)C(=O)N/N=C\c1ccccc1C(=O)O. The summed E-state index contributed by atoms with van der Waals surface area (Å²) >= 11 is 0. The fourth-order valence-corrected chi connectivity index (χ4v) is 1.94. The minimum Gasteiger partial charge on any atom is -0.495 e. The van der Waals surface area contributed by atoms with Crippen LogP contribution in [-0.4, -0.2) is 36.2 Å². The highest BCUT2D eigenvalue weighted by Crippen LogP contribution is 2.22. The molecule has 25 heavy (non-hydrogen) atoms. The summed E-state index contributed by atoms with van der Waals surface area (Å²) in [5, 5.41) is 15.1. The fourth-order valence-electron chi connectivity index (χ4n) is 1.94. The minimum absolute atomic E-state index is 0.0268. The molecule has 2 aromatic rings.